The molecule has 0 saturated carbocycles. The number of carbonyl (C=O) groups is 1. The van der Waals surface area contributed by atoms with E-state index in [9.17, 15) is 22.8 Å². The fraction of sp³-hybridized carbons (Fsp3) is 0.148. The second kappa shape index (κ2) is 9.97. The summed E-state index contributed by atoms with van der Waals surface area (Å²) in [5.41, 5.74) is 0.330. The van der Waals surface area contributed by atoms with E-state index in [2.05, 4.69) is 5.10 Å². The molecule has 35 heavy (non-hydrogen) atoms. The molecule has 178 valence electrons. The van der Waals surface area contributed by atoms with Crippen molar-refractivity contribution in [2.45, 2.75) is 26.2 Å². The number of hydrogen-bond donors (Lipinski definition) is 0. The number of aryl methyl sites for hydroxylation is 1. The first kappa shape index (κ1) is 23.9. The smallest absolute Gasteiger partial charge is 0.328 e. The Kier molecular flexibility index (Phi) is 6.82. The molecule has 1 aromatic heterocycles. The summed E-state index contributed by atoms with van der Waals surface area (Å²) in [5.74, 6) is -0.608. The van der Waals surface area contributed by atoms with Gasteiger partial charge in [-0.25, -0.2) is 4.68 Å². The van der Waals surface area contributed by atoms with Crippen LogP contribution in [0.2, 0.25) is 0 Å². The maximum Gasteiger partial charge on any atom is 0.416 e. The highest BCUT2D eigenvalue weighted by atomic mass is 19.4. The van der Waals surface area contributed by atoms with Gasteiger partial charge in [0.05, 0.1) is 11.3 Å². The highest BCUT2D eigenvalue weighted by molar-refractivity contribution is 5.92. The number of nitrogens with zero attached hydrogens (tertiary/aromatic N) is 3. The fourth-order valence-corrected chi connectivity index (χ4v) is 3.73. The molecule has 5 nitrogen and oxygen atoms in total. The third-order valence-electron chi connectivity index (χ3n) is 5.45. The standard InChI is InChI=1S/C27H22F3N3O2/c1-19-15-24(34)25(31-33(19)23-14-8-13-22(16-23)27(28,29)30)26(35)32(17-20-9-4-2-5-10-20)18-21-11-6-3-7-12-21/h2-16H,17-18H2,1H3. The second-order valence-electron chi connectivity index (χ2n) is 8.09. The van der Waals surface area contributed by atoms with Crippen LogP contribution >= 0.6 is 0 Å². The number of rotatable bonds is 6. The van der Waals surface area contributed by atoms with Crippen molar-refractivity contribution in [1.82, 2.24) is 14.7 Å². The SMILES string of the molecule is Cc1cc(=O)c(C(=O)N(Cc2ccccc2)Cc2ccccc2)nn1-c1cccc(C(F)(F)F)c1. The molecule has 0 unspecified atom stereocenters. The van der Waals surface area contributed by atoms with Gasteiger partial charge in [-0.05, 0) is 36.2 Å². The molecule has 3 aromatic carbocycles. The summed E-state index contributed by atoms with van der Waals surface area (Å²) in [4.78, 5) is 27.9. The molecule has 1 amide bonds. The van der Waals surface area contributed by atoms with Crippen molar-refractivity contribution in [3.05, 3.63) is 129 Å². The summed E-state index contributed by atoms with van der Waals surface area (Å²) in [6, 6.07) is 24.4. The van der Waals surface area contributed by atoms with E-state index in [1.165, 1.54) is 27.8 Å². The van der Waals surface area contributed by atoms with Gasteiger partial charge in [-0.3, -0.25) is 9.59 Å². The van der Waals surface area contributed by atoms with Gasteiger partial charge in [-0.15, -0.1) is 0 Å². The topological polar surface area (TPSA) is 55.2 Å². The molecule has 0 aliphatic rings. The van der Waals surface area contributed by atoms with Crippen LogP contribution in [0, 0.1) is 6.92 Å². The monoisotopic (exact) mass is 477 g/mol. The van der Waals surface area contributed by atoms with Gasteiger partial charge < -0.3 is 4.90 Å². The average molecular weight is 477 g/mol. The average Bonchev–Trinajstić information content (AvgIpc) is 2.84. The summed E-state index contributed by atoms with van der Waals surface area (Å²) in [6.45, 7) is 2.01. The van der Waals surface area contributed by atoms with Crippen molar-refractivity contribution in [3.8, 4) is 5.69 Å². The second-order valence-corrected chi connectivity index (χ2v) is 8.09. The van der Waals surface area contributed by atoms with Crippen LogP contribution in [0.3, 0.4) is 0 Å². The summed E-state index contributed by atoms with van der Waals surface area (Å²) >= 11 is 0. The molecule has 4 aromatic rings. The molecule has 0 atom stereocenters. The molecule has 0 saturated heterocycles. The summed E-state index contributed by atoms with van der Waals surface area (Å²) in [6.07, 6.45) is -4.54. The van der Waals surface area contributed by atoms with Crippen molar-refractivity contribution in [2.24, 2.45) is 0 Å². The van der Waals surface area contributed by atoms with Gasteiger partial charge in [0, 0.05) is 24.8 Å². The summed E-state index contributed by atoms with van der Waals surface area (Å²) < 4.78 is 40.9. The Morgan fingerprint density at radius 3 is 1.97 bits per heavy atom. The third kappa shape index (κ3) is 5.66. The predicted molar refractivity (Wildman–Crippen MR) is 126 cm³/mol. The van der Waals surface area contributed by atoms with Gasteiger partial charge in [-0.2, -0.15) is 18.3 Å². The normalized spacial score (nSPS) is 11.3. The minimum Gasteiger partial charge on any atom is -0.328 e. The van der Waals surface area contributed by atoms with E-state index in [0.717, 1.165) is 23.3 Å². The first-order valence-corrected chi connectivity index (χ1v) is 10.9. The van der Waals surface area contributed by atoms with E-state index in [1.54, 1.807) is 6.92 Å². The van der Waals surface area contributed by atoms with Crippen LogP contribution in [0.5, 0.6) is 0 Å². The molecular formula is C27H22F3N3O2. The van der Waals surface area contributed by atoms with Crippen molar-refractivity contribution < 1.29 is 18.0 Å². The van der Waals surface area contributed by atoms with Gasteiger partial charge in [-0.1, -0.05) is 66.7 Å². The lowest BCUT2D eigenvalue weighted by atomic mass is 10.1. The summed E-state index contributed by atoms with van der Waals surface area (Å²) in [5, 5.41) is 4.21. The Morgan fingerprint density at radius 1 is 0.857 bits per heavy atom. The molecule has 4 rings (SSSR count). The molecule has 0 aliphatic heterocycles. The van der Waals surface area contributed by atoms with Crippen LogP contribution < -0.4 is 5.43 Å². The van der Waals surface area contributed by atoms with Crippen LogP contribution in [0.4, 0.5) is 13.2 Å². The van der Waals surface area contributed by atoms with E-state index < -0.39 is 23.1 Å². The number of halogens is 3. The van der Waals surface area contributed by atoms with Crippen LogP contribution in [0.1, 0.15) is 32.9 Å². The van der Waals surface area contributed by atoms with Crippen molar-refractivity contribution >= 4 is 5.91 Å². The predicted octanol–water partition coefficient (Wildman–Crippen LogP) is 5.40. The zero-order chi connectivity index (χ0) is 25.0. The van der Waals surface area contributed by atoms with Crippen LogP contribution in [0.15, 0.2) is 95.8 Å². The maximum absolute atomic E-state index is 13.6. The lowest BCUT2D eigenvalue weighted by molar-refractivity contribution is -0.137. The van der Waals surface area contributed by atoms with Gasteiger partial charge in [0.15, 0.2) is 5.69 Å². The molecule has 0 radical (unpaired) electrons. The van der Waals surface area contributed by atoms with Crippen molar-refractivity contribution in [2.75, 3.05) is 0 Å². The number of carbonyl (C=O) groups excluding carboxylic acids is 1. The van der Waals surface area contributed by atoms with Gasteiger partial charge in [0.1, 0.15) is 0 Å². The quantitative estimate of drug-likeness (QED) is 0.374. The molecule has 1 heterocycles. The van der Waals surface area contributed by atoms with E-state index >= 15 is 0 Å². The van der Waals surface area contributed by atoms with Crippen LogP contribution in [0.25, 0.3) is 5.69 Å². The first-order chi connectivity index (χ1) is 16.7. The van der Waals surface area contributed by atoms with E-state index in [4.69, 9.17) is 0 Å². The third-order valence-corrected chi connectivity index (χ3v) is 5.45. The van der Waals surface area contributed by atoms with Gasteiger partial charge >= 0.3 is 6.18 Å². The molecule has 0 bridgehead atoms. The Hall–Kier alpha value is -4.20. The number of hydrogen-bond acceptors (Lipinski definition) is 3. The van der Waals surface area contributed by atoms with Crippen LogP contribution in [-0.4, -0.2) is 20.6 Å². The Morgan fingerprint density at radius 2 is 1.43 bits per heavy atom. The number of benzene rings is 3. The zero-order valence-corrected chi connectivity index (χ0v) is 18.9. The van der Waals surface area contributed by atoms with E-state index in [-0.39, 0.29) is 24.5 Å². The fourth-order valence-electron chi connectivity index (χ4n) is 3.73. The number of alkyl halides is 3. The minimum atomic E-state index is -4.54. The lowest BCUT2D eigenvalue weighted by Crippen LogP contribution is -2.35. The molecule has 0 spiro atoms. The lowest BCUT2D eigenvalue weighted by Gasteiger charge is -2.23. The maximum atomic E-state index is 13.6. The summed E-state index contributed by atoms with van der Waals surface area (Å²) in [7, 11) is 0. The molecule has 0 N–H and O–H groups in total. The Balaban J connectivity index is 1.75. The molecule has 8 heteroatoms. The number of aromatic nitrogens is 2. The molecule has 0 fully saturated rings. The highest BCUT2D eigenvalue weighted by Gasteiger charge is 2.31. The minimum absolute atomic E-state index is 0.101. The largest absolute Gasteiger partial charge is 0.416 e. The van der Waals surface area contributed by atoms with Gasteiger partial charge in [0.25, 0.3) is 5.91 Å². The highest BCUT2D eigenvalue weighted by Crippen LogP contribution is 2.30. The van der Waals surface area contributed by atoms with Gasteiger partial charge in [0.2, 0.25) is 5.43 Å². The molecular weight excluding hydrogens is 455 g/mol. The Labute approximate surface area is 200 Å². The van der Waals surface area contributed by atoms with Crippen LogP contribution in [-0.2, 0) is 19.3 Å². The van der Waals surface area contributed by atoms with E-state index in [0.29, 0.717) is 5.69 Å². The van der Waals surface area contributed by atoms with E-state index in [1.807, 2.05) is 60.7 Å². The Bertz CT molecular complexity index is 1340. The molecule has 0 aliphatic carbocycles. The zero-order valence-electron chi connectivity index (χ0n) is 18.9. The first-order valence-electron chi connectivity index (χ1n) is 10.9. The van der Waals surface area contributed by atoms with Crippen molar-refractivity contribution in [3.63, 3.8) is 0 Å². The number of amides is 1. The van der Waals surface area contributed by atoms with Crippen molar-refractivity contribution in [1.29, 1.82) is 0 Å².